The minimum absolute atomic E-state index is 0.188. The second-order valence-corrected chi connectivity index (χ2v) is 12.0. The Morgan fingerprint density at radius 3 is 1.59 bits per heavy atom. The van der Waals surface area contributed by atoms with Crippen molar-refractivity contribution in [2.45, 2.75) is 116 Å². The summed E-state index contributed by atoms with van der Waals surface area (Å²) in [6.07, 6.45) is 15.4. The van der Waals surface area contributed by atoms with E-state index >= 15 is 0 Å². The number of rotatable bonds is 18. The summed E-state index contributed by atoms with van der Waals surface area (Å²) < 4.78 is 17.5. The molecule has 164 valence electrons. The Morgan fingerprint density at radius 2 is 1.22 bits per heavy atom. The van der Waals surface area contributed by atoms with E-state index in [9.17, 15) is 0 Å². The quantitative estimate of drug-likeness (QED) is 0.215. The summed E-state index contributed by atoms with van der Waals surface area (Å²) in [6, 6.07) is 0. The Balaban J connectivity index is 4.63. The van der Waals surface area contributed by atoms with Crippen LogP contribution in [0.4, 0.5) is 0 Å². The molecule has 0 amide bonds. The van der Waals surface area contributed by atoms with Crippen LogP contribution in [-0.4, -0.2) is 35.7 Å². The first kappa shape index (κ1) is 27.1. The molecule has 0 rings (SSSR count). The molecule has 4 nitrogen and oxygen atoms in total. The molecule has 0 fully saturated rings. The second-order valence-electron chi connectivity index (χ2n) is 8.80. The molecule has 2 unspecified atom stereocenters. The summed E-state index contributed by atoms with van der Waals surface area (Å²) in [5, 5.41) is 0. The summed E-state index contributed by atoms with van der Waals surface area (Å²) in [7, 11) is 2.52. The molecule has 0 aromatic carbocycles. The van der Waals surface area contributed by atoms with Crippen LogP contribution in [0, 0.1) is 5.92 Å². The van der Waals surface area contributed by atoms with Gasteiger partial charge in [-0.25, -0.2) is 0 Å². The van der Waals surface area contributed by atoms with Gasteiger partial charge in [0.2, 0.25) is 0 Å². The van der Waals surface area contributed by atoms with E-state index in [0.717, 1.165) is 12.8 Å². The standard InChI is InChI=1S/C22H49NO3Si/c1-8-10-11-12-13-14-15-16-17-18-20(19-22(3,4)23)21(9-2)27(24-5,25-6)26-7/h20-21H,8-19,23H2,1-7H3. The summed E-state index contributed by atoms with van der Waals surface area (Å²) in [4.78, 5) is 0. The Morgan fingerprint density at radius 1 is 0.778 bits per heavy atom. The molecule has 0 saturated heterocycles. The first-order chi connectivity index (χ1) is 12.8. The number of unbranched alkanes of at least 4 members (excludes halogenated alkanes) is 8. The van der Waals surface area contributed by atoms with Crippen molar-refractivity contribution in [2.75, 3.05) is 21.3 Å². The van der Waals surface area contributed by atoms with Crippen molar-refractivity contribution < 1.29 is 13.3 Å². The van der Waals surface area contributed by atoms with Gasteiger partial charge in [0.15, 0.2) is 0 Å². The van der Waals surface area contributed by atoms with Gasteiger partial charge >= 0.3 is 8.80 Å². The van der Waals surface area contributed by atoms with Crippen LogP contribution in [-0.2, 0) is 13.3 Å². The van der Waals surface area contributed by atoms with Gasteiger partial charge in [0, 0.05) is 32.4 Å². The smallest absolute Gasteiger partial charge is 0.377 e. The van der Waals surface area contributed by atoms with Crippen LogP contribution in [0.15, 0.2) is 0 Å². The highest BCUT2D eigenvalue weighted by atomic mass is 28.4. The predicted molar refractivity (Wildman–Crippen MR) is 119 cm³/mol. The fraction of sp³-hybridized carbons (Fsp3) is 1.00. The molecule has 2 atom stereocenters. The SMILES string of the molecule is CCCCCCCCCCCC(CC(C)(C)N)C(CC)[Si](OC)(OC)OC. The van der Waals surface area contributed by atoms with Crippen LogP contribution in [0.25, 0.3) is 0 Å². The van der Waals surface area contributed by atoms with Gasteiger partial charge in [0.25, 0.3) is 0 Å². The first-order valence-corrected chi connectivity index (χ1v) is 13.0. The van der Waals surface area contributed by atoms with Crippen LogP contribution < -0.4 is 5.73 Å². The van der Waals surface area contributed by atoms with E-state index in [-0.39, 0.29) is 5.54 Å². The maximum Gasteiger partial charge on any atom is 0.503 e. The molecule has 0 bridgehead atoms. The van der Waals surface area contributed by atoms with Crippen molar-refractivity contribution in [1.29, 1.82) is 0 Å². The molecular formula is C22H49NO3Si. The van der Waals surface area contributed by atoms with Crippen molar-refractivity contribution in [3.63, 3.8) is 0 Å². The Labute approximate surface area is 171 Å². The van der Waals surface area contributed by atoms with Gasteiger partial charge in [-0.3, -0.25) is 0 Å². The molecule has 0 aliphatic rings. The average molecular weight is 404 g/mol. The summed E-state index contributed by atoms with van der Waals surface area (Å²) in [6.45, 7) is 8.74. The molecule has 5 heteroatoms. The molecule has 27 heavy (non-hydrogen) atoms. The van der Waals surface area contributed by atoms with E-state index in [2.05, 4.69) is 27.7 Å². The fourth-order valence-corrected chi connectivity index (χ4v) is 7.18. The minimum atomic E-state index is -2.66. The zero-order chi connectivity index (χ0) is 20.8. The lowest BCUT2D eigenvalue weighted by Gasteiger charge is -2.39. The largest absolute Gasteiger partial charge is 0.503 e. The van der Waals surface area contributed by atoms with E-state index in [1.807, 2.05) is 0 Å². The van der Waals surface area contributed by atoms with Crippen LogP contribution >= 0.6 is 0 Å². The monoisotopic (exact) mass is 403 g/mol. The van der Waals surface area contributed by atoms with Crippen molar-refractivity contribution in [1.82, 2.24) is 0 Å². The van der Waals surface area contributed by atoms with Gasteiger partial charge in [0.1, 0.15) is 0 Å². The lowest BCUT2D eigenvalue weighted by molar-refractivity contribution is 0.0947. The highest BCUT2D eigenvalue weighted by Gasteiger charge is 2.50. The third kappa shape index (κ3) is 11.0. The van der Waals surface area contributed by atoms with Gasteiger partial charge in [-0.15, -0.1) is 0 Å². The minimum Gasteiger partial charge on any atom is -0.377 e. The zero-order valence-electron chi connectivity index (χ0n) is 19.4. The molecule has 0 radical (unpaired) electrons. The van der Waals surface area contributed by atoms with Crippen molar-refractivity contribution in [2.24, 2.45) is 11.7 Å². The maximum atomic E-state index is 6.40. The summed E-state index contributed by atoms with van der Waals surface area (Å²) in [5.74, 6) is 0.478. The van der Waals surface area contributed by atoms with Gasteiger partial charge in [-0.1, -0.05) is 78.1 Å². The molecule has 2 N–H and O–H groups in total. The van der Waals surface area contributed by atoms with Crippen LogP contribution in [0.3, 0.4) is 0 Å². The van der Waals surface area contributed by atoms with Gasteiger partial charge < -0.3 is 19.0 Å². The third-order valence-corrected chi connectivity index (χ3v) is 9.28. The molecule has 0 heterocycles. The topological polar surface area (TPSA) is 53.7 Å². The van der Waals surface area contributed by atoms with Crippen LogP contribution in [0.2, 0.25) is 5.54 Å². The average Bonchev–Trinajstić information content (AvgIpc) is 2.63. The third-order valence-electron chi connectivity index (χ3n) is 5.78. The van der Waals surface area contributed by atoms with Gasteiger partial charge in [0.05, 0.1) is 0 Å². The Kier molecular flexibility index (Phi) is 15.0. The molecule has 0 spiro atoms. The molecule has 0 aliphatic heterocycles. The van der Waals surface area contributed by atoms with E-state index in [1.54, 1.807) is 21.3 Å². The lowest BCUT2D eigenvalue weighted by Crippen LogP contribution is -2.51. The molecule has 0 aromatic rings. The van der Waals surface area contributed by atoms with E-state index in [4.69, 9.17) is 19.0 Å². The summed E-state index contributed by atoms with van der Waals surface area (Å²) in [5.41, 5.74) is 6.51. The fourth-order valence-electron chi connectivity index (χ4n) is 4.41. The highest BCUT2D eigenvalue weighted by Crippen LogP contribution is 2.41. The number of hydrogen-bond donors (Lipinski definition) is 1. The van der Waals surface area contributed by atoms with Crippen LogP contribution in [0.5, 0.6) is 0 Å². The highest BCUT2D eigenvalue weighted by molar-refractivity contribution is 6.62. The van der Waals surface area contributed by atoms with E-state index < -0.39 is 8.80 Å². The summed E-state index contributed by atoms with van der Waals surface area (Å²) >= 11 is 0. The van der Waals surface area contributed by atoms with E-state index in [0.29, 0.717) is 11.5 Å². The van der Waals surface area contributed by atoms with Gasteiger partial charge in [-0.2, -0.15) is 0 Å². The molecule has 0 aliphatic carbocycles. The zero-order valence-corrected chi connectivity index (χ0v) is 20.4. The normalized spacial score (nSPS) is 15.1. The molecular weight excluding hydrogens is 354 g/mol. The Hall–Kier alpha value is 0.0569. The maximum absolute atomic E-state index is 6.40. The van der Waals surface area contributed by atoms with Crippen molar-refractivity contribution in [3.8, 4) is 0 Å². The van der Waals surface area contributed by atoms with Crippen molar-refractivity contribution >= 4 is 8.80 Å². The second kappa shape index (κ2) is 15.0. The van der Waals surface area contributed by atoms with E-state index in [1.165, 1.54) is 64.2 Å². The molecule has 0 saturated carbocycles. The molecule has 0 aromatic heterocycles. The van der Waals surface area contributed by atoms with Crippen LogP contribution in [0.1, 0.15) is 105 Å². The number of hydrogen-bond acceptors (Lipinski definition) is 4. The lowest BCUT2D eigenvalue weighted by atomic mass is 9.84. The Bertz CT molecular complexity index is 335. The van der Waals surface area contributed by atoms with Crippen molar-refractivity contribution in [3.05, 3.63) is 0 Å². The number of nitrogens with two attached hydrogens (primary N) is 1. The predicted octanol–water partition coefficient (Wildman–Crippen LogP) is 6.31. The van der Waals surface area contributed by atoms with Gasteiger partial charge in [-0.05, 0) is 32.6 Å². The first-order valence-electron chi connectivity index (χ1n) is 11.2.